The van der Waals surface area contributed by atoms with Gasteiger partial charge in [0, 0.05) is 22.6 Å². The lowest BCUT2D eigenvalue weighted by molar-refractivity contribution is 0.197. The Morgan fingerprint density at radius 2 is 1.44 bits per heavy atom. The molecule has 0 amide bonds. The van der Waals surface area contributed by atoms with E-state index < -0.39 is 11.6 Å². The summed E-state index contributed by atoms with van der Waals surface area (Å²) in [5.41, 5.74) is 3.31. The van der Waals surface area contributed by atoms with Gasteiger partial charge in [0.2, 0.25) is 0 Å². The Balaban J connectivity index is 1.64. The summed E-state index contributed by atoms with van der Waals surface area (Å²) in [6, 6.07) is 20.5. The van der Waals surface area contributed by atoms with Gasteiger partial charge in [-0.3, -0.25) is 0 Å². The van der Waals surface area contributed by atoms with Crippen molar-refractivity contribution in [2.45, 2.75) is 39.9 Å². The molecule has 0 aromatic heterocycles. The largest absolute Gasteiger partial charge is 0.493 e. The Morgan fingerprint density at radius 3 is 1.97 bits per heavy atom. The van der Waals surface area contributed by atoms with E-state index in [1.807, 2.05) is 31.2 Å². The van der Waals surface area contributed by atoms with Gasteiger partial charge in [-0.25, -0.2) is 8.78 Å². The molecule has 1 unspecified atom stereocenters. The van der Waals surface area contributed by atoms with Crippen molar-refractivity contribution in [3.63, 3.8) is 0 Å². The maximum atomic E-state index is 14.8. The molecule has 0 fully saturated rings. The molecule has 0 saturated heterocycles. The average Bonchev–Trinajstić information content (AvgIpc) is 2.90. The lowest BCUT2D eigenvalue weighted by Crippen LogP contribution is -2.03. The van der Waals surface area contributed by atoms with Crippen LogP contribution < -0.4 is 4.74 Å². The molecular formula is C30H26F2N2O2. The first-order valence-corrected chi connectivity index (χ1v) is 11.4. The summed E-state index contributed by atoms with van der Waals surface area (Å²) in [6.45, 7) is 5.43. The summed E-state index contributed by atoms with van der Waals surface area (Å²) in [5.74, 6) is 0.0911. The molecule has 3 rings (SSSR count). The quantitative estimate of drug-likeness (QED) is 0.180. The van der Waals surface area contributed by atoms with E-state index in [2.05, 4.69) is 0 Å². The second-order valence-electron chi connectivity index (χ2n) is 8.38. The maximum Gasteiger partial charge on any atom is 0.130 e. The number of hydrogen-bond acceptors (Lipinski definition) is 4. The van der Waals surface area contributed by atoms with Crippen LogP contribution in [0.4, 0.5) is 8.78 Å². The minimum Gasteiger partial charge on any atom is -0.493 e. The van der Waals surface area contributed by atoms with Gasteiger partial charge in [-0.1, -0.05) is 31.2 Å². The number of allylic oxidation sites excluding steroid dienone is 4. The van der Waals surface area contributed by atoms with Crippen molar-refractivity contribution >= 4 is 0 Å². The molecule has 0 aliphatic rings. The maximum absolute atomic E-state index is 14.8. The summed E-state index contributed by atoms with van der Waals surface area (Å²) in [6.07, 6.45) is 3.31. The van der Waals surface area contributed by atoms with Crippen molar-refractivity contribution < 1.29 is 18.3 Å². The molecule has 182 valence electrons. The lowest BCUT2D eigenvalue weighted by Gasteiger charge is -2.16. The van der Waals surface area contributed by atoms with Crippen LogP contribution in [0.2, 0.25) is 0 Å². The van der Waals surface area contributed by atoms with E-state index in [-0.39, 0.29) is 19.1 Å². The summed E-state index contributed by atoms with van der Waals surface area (Å²) in [7, 11) is 0. The normalized spacial score (nSPS) is 12.4. The van der Waals surface area contributed by atoms with Crippen molar-refractivity contribution in [1.82, 2.24) is 0 Å². The first-order chi connectivity index (χ1) is 17.3. The number of ether oxygens (including phenoxy) is 2. The van der Waals surface area contributed by atoms with Crippen LogP contribution in [-0.4, -0.2) is 0 Å². The standard InChI is InChI=1S/C30H26F2N2O2/c1-20(16-33)4-5-21(2)35-18-26-10-8-24(14-29(26)31)22(3)25-9-11-27(30(32)15-25)19-36-28-12-6-23(17-34)7-13-28/h4-15,22H,18-19H2,1-3H3. The molecule has 0 radical (unpaired) electrons. The van der Waals surface area contributed by atoms with Crippen LogP contribution >= 0.6 is 0 Å². The molecule has 0 bridgehead atoms. The molecule has 3 aromatic carbocycles. The fourth-order valence-corrected chi connectivity index (χ4v) is 3.40. The molecule has 0 aliphatic heterocycles. The van der Waals surface area contributed by atoms with E-state index in [1.165, 1.54) is 12.1 Å². The second kappa shape index (κ2) is 12.3. The minimum absolute atomic E-state index is 0.0510. The lowest BCUT2D eigenvalue weighted by atomic mass is 9.91. The SMILES string of the molecule is CC(C#N)=CC=C(C)OCc1ccc(C(C)c2ccc(COc3ccc(C#N)cc3)c(F)c2)cc1F. The molecule has 0 spiro atoms. The highest BCUT2D eigenvalue weighted by atomic mass is 19.1. The third-order valence-electron chi connectivity index (χ3n) is 5.73. The average molecular weight is 485 g/mol. The molecule has 0 N–H and O–H groups in total. The molecule has 0 aliphatic carbocycles. The topological polar surface area (TPSA) is 66.0 Å². The Morgan fingerprint density at radius 1 is 0.861 bits per heavy atom. The third-order valence-corrected chi connectivity index (χ3v) is 5.73. The summed E-state index contributed by atoms with van der Waals surface area (Å²) in [4.78, 5) is 0. The van der Waals surface area contributed by atoms with Crippen molar-refractivity contribution in [1.29, 1.82) is 10.5 Å². The molecular weight excluding hydrogens is 458 g/mol. The zero-order valence-corrected chi connectivity index (χ0v) is 20.4. The van der Waals surface area contributed by atoms with Gasteiger partial charge < -0.3 is 9.47 Å². The van der Waals surface area contributed by atoms with E-state index in [4.69, 9.17) is 20.0 Å². The Hall–Kier alpha value is -4.42. The van der Waals surface area contributed by atoms with Crippen molar-refractivity contribution in [2.24, 2.45) is 0 Å². The Bertz CT molecular complexity index is 1360. The molecule has 0 saturated carbocycles. The van der Waals surface area contributed by atoms with E-state index in [0.717, 1.165) is 11.1 Å². The second-order valence-corrected chi connectivity index (χ2v) is 8.38. The number of rotatable bonds is 9. The monoisotopic (exact) mass is 484 g/mol. The molecule has 1 atom stereocenters. The Labute approximate surface area is 210 Å². The van der Waals surface area contributed by atoms with Crippen LogP contribution in [0.3, 0.4) is 0 Å². The van der Waals surface area contributed by atoms with Crippen molar-refractivity contribution in [2.75, 3.05) is 0 Å². The molecule has 3 aromatic rings. The van der Waals surface area contributed by atoms with Crippen LogP contribution in [0.1, 0.15) is 54.5 Å². The fraction of sp³-hybridized carbons (Fsp3) is 0.200. The molecule has 4 nitrogen and oxygen atoms in total. The highest BCUT2D eigenvalue weighted by molar-refractivity contribution is 5.37. The minimum atomic E-state index is -0.401. The van der Waals surface area contributed by atoms with Crippen LogP contribution in [0.25, 0.3) is 0 Å². The van der Waals surface area contributed by atoms with E-state index in [9.17, 15) is 8.78 Å². The molecule has 36 heavy (non-hydrogen) atoms. The van der Waals surface area contributed by atoms with Crippen molar-refractivity contribution in [3.05, 3.63) is 124 Å². The van der Waals surface area contributed by atoms with Gasteiger partial charge in [0.15, 0.2) is 0 Å². The van der Waals surface area contributed by atoms with Gasteiger partial charge in [-0.2, -0.15) is 10.5 Å². The number of nitriles is 2. The zero-order valence-electron chi connectivity index (χ0n) is 20.4. The predicted molar refractivity (Wildman–Crippen MR) is 134 cm³/mol. The van der Waals surface area contributed by atoms with Gasteiger partial charge in [-0.15, -0.1) is 0 Å². The van der Waals surface area contributed by atoms with E-state index in [0.29, 0.717) is 33.8 Å². The van der Waals surface area contributed by atoms with Gasteiger partial charge in [0.05, 0.1) is 23.5 Å². The first-order valence-electron chi connectivity index (χ1n) is 11.4. The smallest absolute Gasteiger partial charge is 0.130 e. The fourth-order valence-electron chi connectivity index (χ4n) is 3.40. The number of nitrogens with zero attached hydrogens (tertiary/aromatic N) is 2. The van der Waals surface area contributed by atoms with Gasteiger partial charge in [-0.05, 0) is 73.5 Å². The highest BCUT2D eigenvalue weighted by Crippen LogP contribution is 2.28. The first kappa shape index (κ1) is 26.2. The van der Waals surface area contributed by atoms with Crippen LogP contribution in [-0.2, 0) is 18.0 Å². The van der Waals surface area contributed by atoms with Gasteiger partial charge >= 0.3 is 0 Å². The summed E-state index contributed by atoms with van der Waals surface area (Å²) >= 11 is 0. The summed E-state index contributed by atoms with van der Waals surface area (Å²) in [5, 5.41) is 17.6. The van der Waals surface area contributed by atoms with E-state index in [1.54, 1.807) is 62.4 Å². The van der Waals surface area contributed by atoms with Crippen LogP contribution in [0, 0.1) is 34.3 Å². The molecule has 0 heterocycles. The molecule has 6 heteroatoms. The third kappa shape index (κ3) is 7.04. The zero-order chi connectivity index (χ0) is 26.1. The van der Waals surface area contributed by atoms with E-state index >= 15 is 0 Å². The van der Waals surface area contributed by atoms with Gasteiger partial charge in [0.25, 0.3) is 0 Å². The van der Waals surface area contributed by atoms with Crippen LogP contribution in [0.5, 0.6) is 5.75 Å². The van der Waals surface area contributed by atoms with Crippen molar-refractivity contribution in [3.8, 4) is 17.9 Å². The Kier molecular flexibility index (Phi) is 8.97. The van der Waals surface area contributed by atoms with Crippen LogP contribution in [0.15, 0.2) is 84.1 Å². The van der Waals surface area contributed by atoms with Gasteiger partial charge in [0.1, 0.15) is 30.6 Å². The number of benzene rings is 3. The predicted octanol–water partition coefficient (Wildman–Crippen LogP) is 7.46. The number of halogens is 2. The summed E-state index contributed by atoms with van der Waals surface area (Å²) < 4.78 is 40.7. The number of hydrogen-bond donors (Lipinski definition) is 0. The highest BCUT2D eigenvalue weighted by Gasteiger charge is 2.14.